The molecule has 0 bridgehead atoms. The molecule has 1 aliphatic rings. The Labute approximate surface area is 228 Å². The highest BCUT2D eigenvalue weighted by Crippen LogP contribution is 2.30. The van der Waals surface area contributed by atoms with Crippen LogP contribution >= 0.6 is 0 Å². The molecule has 3 aromatic carbocycles. The van der Waals surface area contributed by atoms with Gasteiger partial charge in [-0.15, -0.1) is 13.2 Å². The Morgan fingerprint density at radius 2 is 1.65 bits per heavy atom. The van der Waals surface area contributed by atoms with Crippen molar-refractivity contribution in [2.45, 2.75) is 44.0 Å². The zero-order chi connectivity index (χ0) is 28.4. The summed E-state index contributed by atoms with van der Waals surface area (Å²) in [5.41, 5.74) is 3.00. The molecule has 1 fully saturated rings. The number of halogens is 3. The molecule has 0 saturated carbocycles. The number of hydrogen-bond acceptors (Lipinski definition) is 8. The van der Waals surface area contributed by atoms with Crippen molar-refractivity contribution >= 4 is 28.0 Å². The van der Waals surface area contributed by atoms with E-state index in [1.165, 1.54) is 12.1 Å². The van der Waals surface area contributed by atoms with Gasteiger partial charge in [0.05, 0.1) is 23.4 Å². The second kappa shape index (κ2) is 11.4. The van der Waals surface area contributed by atoms with Crippen molar-refractivity contribution in [3.05, 3.63) is 66.5 Å². The fourth-order valence-corrected chi connectivity index (χ4v) is 4.97. The van der Waals surface area contributed by atoms with Gasteiger partial charge < -0.3 is 28.5 Å². The van der Waals surface area contributed by atoms with Gasteiger partial charge in [-0.2, -0.15) is 0 Å². The minimum atomic E-state index is -4.74. The normalized spacial score (nSPS) is 23.7. The van der Waals surface area contributed by atoms with E-state index in [-0.39, 0.29) is 18.0 Å². The molecule has 212 valence electrons. The summed E-state index contributed by atoms with van der Waals surface area (Å²) < 4.78 is 65.8. The van der Waals surface area contributed by atoms with Gasteiger partial charge in [0.1, 0.15) is 24.3 Å². The third-order valence-corrected chi connectivity index (χ3v) is 6.81. The van der Waals surface area contributed by atoms with Crippen molar-refractivity contribution in [2.75, 3.05) is 21.3 Å². The van der Waals surface area contributed by atoms with Gasteiger partial charge in [-0.05, 0) is 54.3 Å². The van der Waals surface area contributed by atoms with Crippen molar-refractivity contribution in [2.24, 2.45) is 5.16 Å². The van der Waals surface area contributed by atoms with Crippen molar-refractivity contribution in [1.82, 2.24) is 9.55 Å². The Kier molecular flexibility index (Phi) is 7.95. The highest BCUT2D eigenvalue weighted by Gasteiger charge is 2.47. The van der Waals surface area contributed by atoms with Crippen LogP contribution in [0, 0.1) is 0 Å². The van der Waals surface area contributed by atoms with E-state index in [1.807, 2.05) is 37.3 Å². The van der Waals surface area contributed by atoms with Crippen LogP contribution in [0.1, 0.15) is 12.5 Å². The van der Waals surface area contributed by atoms with Gasteiger partial charge in [-0.3, -0.25) is 4.57 Å². The zero-order valence-electron chi connectivity index (χ0n) is 22.2. The highest BCUT2D eigenvalue weighted by atomic mass is 19.4. The summed E-state index contributed by atoms with van der Waals surface area (Å²) in [7, 11) is 4.72. The lowest BCUT2D eigenvalue weighted by Gasteiger charge is -2.42. The second-order valence-electron chi connectivity index (χ2n) is 9.22. The molecule has 0 N–H and O–H groups in total. The van der Waals surface area contributed by atoms with E-state index in [2.05, 4.69) is 14.9 Å². The Morgan fingerprint density at radius 3 is 2.33 bits per heavy atom. The summed E-state index contributed by atoms with van der Waals surface area (Å²) >= 11 is 0. The summed E-state index contributed by atoms with van der Waals surface area (Å²) in [5.74, 6) is -0.288. The van der Waals surface area contributed by atoms with E-state index in [4.69, 9.17) is 23.8 Å². The molecule has 2 heterocycles. The SMILES string of the molecule is CO[C@@H]1[C@@H](OC)[C@H](C)O[C@@H](O/N=C/c2ccc3c(ccc4c3ncn4-c3ccc(OC(F)(F)F)cc3)c2)[C@@H]1OC. The summed E-state index contributed by atoms with van der Waals surface area (Å²) in [6, 6.07) is 15.2. The lowest BCUT2D eigenvalue weighted by molar-refractivity contribution is -0.305. The first-order valence-corrected chi connectivity index (χ1v) is 12.4. The summed E-state index contributed by atoms with van der Waals surface area (Å²) in [4.78, 5) is 10.2. The summed E-state index contributed by atoms with van der Waals surface area (Å²) in [5, 5.41) is 5.97. The molecule has 5 rings (SSSR count). The molecule has 4 aromatic rings. The topological polar surface area (TPSA) is 85.6 Å². The van der Waals surface area contributed by atoms with Crippen LogP contribution in [-0.2, 0) is 23.8 Å². The van der Waals surface area contributed by atoms with Crippen LogP contribution in [0.25, 0.3) is 27.5 Å². The fraction of sp³-hybridized carbons (Fsp3) is 0.357. The predicted molar refractivity (Wildman–Crippen MR) is 141 cm³/mol. The molecule has 0 radical (unpaired) electrons. The molecule has 0 spiro atoms. The third-order valence-electron chi connectivity index (χ3n) is 6.81. The summed E-state index contributed by atoms with van der Waals surface area (Å²) in [6.45, 7) is 1.87. The van der Waals surface area contributed by atoms with Crippen LogP contribution in [0.15, 0.2) is 66.1 Å². The quantitative estimate of drug-likeness (QED) is 0.216. The molecule has 1 saturated heterocycles. The monoisotopic (exact) mass is 559 g/mol. The first-order valence-electron chi connectivity index (χ1n) is 12.4. The van der Waals surface area contributed by atoms with Gasteiger partial charge in [-0.25, -0.2) is 4.98 Å². The molecule has 0 unspecified atom stereocenters. The van der Waals surface area contributed by atoms with Gasteiger partial charge in [0.25, 0.3) is 6.29 Å². The van der Waals surface area contributed by atoms with Crippen LogP contribution in [-0.4, -0.2) is 74.2 Å². The molecular weight excluding hydrogens is 531 g/mol. The smallest absolute Gasteiger partial charge is 0.406 e. The number of benzene rings is 3. The maximum absolute atomic E-state index is 12.5. The lowest BCUT2D eigenvalue weighted by atomic mass is 9.99. The van der Waals surface area contributed by atoms with E-state index < -0.39 is 24.9 Å². The molecule has 40 heavy (non-hydrogen) atoms. The van der Waals surface area contributed by atoms with Gasteiger partial charge >= 0.3 is 6.36 Å². The molecule has 0 amide bonds. The van der Waals surface area contributed by atoms with E-state index in [9.17, 15) is 13.2 Å². The number of methoxy groups -OCH3 is 3. The lowest BCUT2D eigenvalue weighted by Crippen LogP contribution is -2.59. The minimum absolute atomic E-state index is 0.288. The number of alkyl halides is 3. The zero-order valence-corrected chi connectivity index (χ0v) is 22.2. The number of nitrogens with zero attached hydrogens (tertiary/aromatic N) is 3. The van der Waals surface area contributed by atoms with Gasteiger partial charge in [-0.1, -0.05) is 23.4 Å². The number of aromatic nitrogens is 2. The van der Waals surface area contributed by atoms with Crippen molar-refractivity contribution in [3.8, 4) is 11.4 Å². The van der Waals surface area contributed by atoms with Crippen LogP contribution in [0.2, 0.25) is 0 Å². The van der Waals surface area contributed by atoms with Gasteiger partial charge in [0.2, 0.25) is 0 Å². The largest absolute Gasteiger partial charge is 0.573 e. The average molecular weight is 560 g/mol. The molecular formula is C28H28F3N3O6. The van der Waals surface area contributed by atoms with E-state index in [0.717, 1.165) is 27.4 Å². The summed E-state index contributed by atoms with van der Waals surface area (Å²) in [6.07, 6.45) is -3.87. The Balaban J connectivity index is 1.33. The molecule has 0 aliphatic carbocycles. The molecule has 1 aliphatic heterocycles. The molecule has 9 nitrogen and oxygen atoms in total. The number of ether oxygens (including phenoxy) is 5. The van der Waals surface area contributed by atoms with Gasteiger partial charge in [0.15, 0.2) is 6.10 Å². The fourth-order valence-electron chi connectivity index (χ4n) is 4.97. The Bertz CT molecular complexity index is 1490. The maximum Gasteiger partial charge on any atom is 0.573 e. The first-order chi connectivity index (χ1) is 19.2. The van der Waals surface area contributed by atoms with Crippen molar-refractivity contribution < 1.29 is 41.7 Å². The molecule has 1 aromatic heterocycles. The number of rotatable bonds is 8. The Hall–Kier alpha value is -3.71. The van der Waals surface area contributed by atoms with E-state index >= 15 is 0 Å². The standard InChI is InChI=1S/C28H28F3N3O6/c1-16-24(35-2)25(36-3)26(37-4)27(38-16)40-33-14-17-5-11-21-18(13-17)6-12-22-23(21)32-15-34(22)19-7-9-20(10-8-19)39-28(29,30)31/h5-16,24-27H,1-4H3/b33-14+/t16-,24-,25+,26+,27-/m0/s1. The van der Waals surface area contributed by atoms with Crippen LogP contribution < -0.4 is 4.74 Å². The average Bonchev–Trinajstić information content (AvgIpc) is 3.36. The van der Waals surface area contributed by atoms with E-state index in [0.29, 0.717) is 5.69 Å². The number of oxime groups is 1. The Morgan fingerprint density at radius 1 is 0.925 bits per heavy atom. The second-order valence-corrected chi connectivity index (χ2v) is 9.22. The maximum atomic E-state index is 12.5. The van der Waals surface area contributed by atoms with E-state index in [1.54, 1.807) is 50.6 Å². The van der Waals surface area contributed by atoms with Crippen LogP contribution in [0.5, 0.6) is 5.75 Å². The molecule has 12 heteroatoms. The molecule has 5 atom stereocenters. The predicted octanol–water partition coefficient (Wildman–Crippen LogP) is 5.22. The van der Waals surface area contributed by atoms with Crippen LogP contribution in [0.3, 0.4) is 0 Å². The van der Waals surface area contributed by atoms with Crippen molar-refractivity contribution in [3.63, 3.8) is 0 Å². The third kappa shape index (κ3) is 5.61. The number of fused-ring (bicyclic) bond motifs is 3. The number of imidazole rings is 1. The highest BCUT2D eigenvalue weighted by molar-refractivity contribution is 6.06. The van der Waals surface area contributed by atoms with Crippen molar-refractivity contribution in [1.29, 1.82) is 0 Å². The first kappa shape index (κ1) is 27.8. The minimum Gasteiger partial charge on any atom is -0.406 e. The van der Waals surface area contributed by atoms with Crippen LogP contribution in [0.4, 0.5) is 13.2 Å². The van der Waals surface area contributed by atoms with Gasteiger partial charge in [0, 0.05) is 32.4 Å². The number of hydrogen-bond donors (Lipinski definition) is 0.